The molecule has 1 unspecified atom stereocenters. The van der Waals surface area contributed by atoms with Gasteiger partial charge in [-0.3, -0.25) is 9.59 Å². The third-order valence-electron chi connectivity index (χ3n) is 2.31. The first-order valence-electron chi connectivity index (χ1n) is 5.28. The van der Waals surface area contributed by atoms with Gasteiger partial charge in [-0.2, -0.15) is 0 Å². The number of hydrogen-bond donors (Lipinski definition) is 2. The summed E-state index contributed by atoms with van der Waals surface area (Å²) in [5.74, 6) is -1.43. The molecule has 5 nitrogen and oxygen atoms in total. The third-order valence-corrected chi connectivity index (χ3v) is 2.81. The molecule has 1 atom stereocenters. The summed E-state index contributed by atoms with van der Waals surface area (Å²) < 4.78 is 0. The van der Waals surface area contributed by atoms with E-state index in [9.17, 15) is 9.59 Å². The summed E-state index contributed by atoms with van der Waals surface area (Å²) in [6.07, 6.45) is 0.373. The molecule has 1 amide bonds. The minimum Gasteiger partial charge on any atom is -0.481 e. The minimum atomic E-state index is -0.970. The van der Waals surface area contributed by atoms with Crippen LogP contribution < -0.4 is 5.32 Å². The molecule has 0 aliphatic carbocycles. The van der Waals surface area contributed by atoms with Crippen molar-refractivity contribution in [1.82, 2.24) is 10.3 Å². The molecule has 18 heavy (non-hydrogen) atoms. The quantitative estimate of drug-likeness (QED) is 0.816. The first-order chi connectivity index (χ1) is 8.43. The van der Waals surface area contributed by atoms with E-state index in [1.54, 1.807) is 6.92 Å². The van der Waals surface area contributed by atoms with Gasteiger partial charge in [0.25, 0.3) is 5.91 Å². The molecule has 7 heteroatoms. The zero-order valence-electron chi connectivity index (χ0n) is 9.61. The second kappa shape index (κ2) is 6.56. The van der Waals surface area contributed by atoms with Crippen LogP contribution in [-0.2, 0) is 4.79 Å². The van der Waals surface area contributed by atoms with Crippen molar-refractivity contribution in [3.63, 3.8) is 0 Å². The predicted octanol–water partition coefficient (Wildman–Crippen LogP) is 2.37. The van der Waals surface area contributed by atoms with Crippen LogP contribution in [0.1, 0.15) is 30.1 Å². The van der Waals surface area contributed by atoms with Gasteiger partial charge in [-0.1, -0.05) is 30.1 Å². The maximum Gasteiger partial charge on any atom is 0.305 e. The predicted molar refractivity (Wildman–Crippen MR) is 68.1 cm³/mol. The van der Waals surface area contributed by atoms with Gasteiger partial charge in [0, 0.05) is 6.04 Å². The largest absolute Gasteiger partial charge is 0.481 e. The summed E-state index contributed by atoms with van der Waals surface area (Å²) in [6.45, 7) is 1.79. The van der Waals surface area contributed by atoms with Crippen LogP contribution in [0.3, 0.4) is 0 Å². The Hall–Kier alpha value is -1.33. The van der Waals surface area contributed by atoms with Crippen LogP contribution in [-0.4, -0.2) is 28.0 Å². The highest BCUT2D eigenvalue weighted by Gasteiger charge is 2.17. The number of hydrogen-bond acceptors (Lipinski definition) is 3. The van der Waals surface area contributed by atoms with Gasteiger partial charge in [-0.25, -0.2) is 4.98 Å². The number of aromatic nitrogens is 1. The van der Waals surface area contributed by atoms with Crippen LogP contribution in [0.5, 0.6) is 0 Å². The molecule has 2 N–H and O–H groups in total. The highest BCUT2D eigenvalue weighted by atomic mass is 35.5. The van der Waals surface area contributed by atoms with Crippen molar-refractivity contribution in [2.24, 2.45) is 0 Å². The first-order valence-corrected chi connectivity index (χ1v) is 6.04. The molecular weight excluding hydrogens is 279 g/mol. The lowest BCUT2D eigenvalue weighted by molar-refractivity contribution is -0.137. The zero-order chi connectivity index (χ0) is 13.7. The number of rotatable bonds is 5. The average Bonchev–Trinajstić information content (AvgIpc) is 2.27. The zero-order valence-corrected chi connectivity index (χ0v) is 11.1. The number of aliphatic carboxylic acids is 1. The minimum absolute atomic E-state index is 0.00909. The highest BCUT2D eigenvalue weighted by Crippen LogP contribution is 2.16. The maximum absolute atomic E-state index is 11.9. The highest BCUT2D eigenvalue weighted by molar-refractivity contribution is 6.34. The monoisotopic (exact) mass is 290 g/mol. The normalized spacial score (nSPS) is 11.9. The van der Waals surface area contributed by atoms with Crippen LogP contribution in [0.4, 0.5) is 0 Å². The van der Waals surface area contributed by atoms with Crippen molar-refractivity contribution in [3.05, 3.63) is 28.0 Å². The van der Waals surface area contributed by atoms with Gasteiger partial charge in [0.05, 0.1) is 12.0 Å². The molecule has 0 bridgehead atoms. The molecule has 98 valence electrons. The number of carbonyl (C=O) groups is 2. The molecule has 1 aromatic heterocycles. The van der Waals surface area contributed by atoms with Crippen LogP contribution in [0.25, 0.3) is 0 Å². The number of nitrogens with one attached hydrogen (secondary N) is 1. The van der Waals surface area contributed by atoms with Crippen LogP contribution in [0.15, 0.2) is 12.1 Å². The lowest BCUT2D eigenvalue weighted by Crippen LogP contribution is -2.36. The van der Waals surface area contributed by atoms with Gasteiger partial charge in [0.15, 0.2) is 0 Å². The Kier molecular flexibility index (Phi) is 5.37. The number of carboxylic acids is 1. The van der Waals surface area contributed by atoms with E-state index < -0.39 is 17.9 Å². The number of pyridine rings is 1. The Balaban J connectivity index is 2.77. The molecule has 1 aromatic rings. The standard InChI is InChI=1S/C11H12Cl2N2O3/c1-2-6(5-9(16)17)14-11(18)7-3-4-8(12)15-10(7)13/h3-4,6H,2,5H2,1H3,(H,14,18)(H,16,17). The summed E-state index contributed by atoms with van der Waals surface area (Å²) in [6, 6.07) is 2.45. The van der Waals surface area contributed by atoms with Gasteiger partial charge in [0.2, 0.25) is 0 Å². The summed E-state index contributed by atoms with van der Waals surface area (Å²) in [5, 5.41) is 11.4. The van der Waals surface area contributed by atoms with Crippen molar-refractivity contribution >= 4 is 35.1 Å². The molecule has 0 spiro atoms. The first kappa shape index (κ1) is 14.7. The Labute approximate surface area is 114 Å². The van der Waals surface area contributed by atoms with Crippen molar-refractivity contribution in [1.29, 1.82) is 0 Å². The molecule has 0 aliphatic heterocycles. The van der Waals surface area contributed by atoms with Crippen molar-refractivity contribution in [2.45, 2.75) is 25.8 Å². The lowest BCUT2D eigenvalue weighted by Gasteiger charge is -2.15. The maximum atomic E-state index is 11.9. The molecule has 0 saturated heterocycles. The SMILES string of the molecule is CCC(CC(=O)O)NC(=O)c1ccc(Cl)nc1Cl. The fourth-order valence-electron chi connectivity index (χ4n) is 1.35. The van der Waals surface area contributed by atoms with Gasteiger partial charge in [-0.15, -0.1) is 0 Å². The number of amides is 1. The molecule has 1 heterocycles. The van der Waals surface area contributed by atoms with Crippen LogP contribution >= 0.6 is 23.2 Å². The molecule has 0 aromatic carbocycles. The summed E-state index contributed by atoms with van der Waals surface area (Å²) in [5.41, 5.74) is 0.171. The van der Waals surface area contributed by atoms with E-state index in [1.165, 1.54) is 12.1 Å². The van der Waals surface area contributed by atoms with Crippen LogP contribution in [0.2, 0.25) is 10.3 Å². The van der Waals surface area contributed by atoms with Crippen LogP contribution in [0, 0.1) is 0 Å². The van der Waals surface area contributed by atoms with E-state index in [1.807, 2.05) is 0 Å². The number of carboxylic acid groups (broad SMARTS) is 1. The molecule has 1 rings (SSSR count). The Morgan fingerprint density at radius 2 is 2.11 bits per heavy atom. The van der Waals surface area contributed by atoms with E-state index in [2.05, 4.69) is 10.3 Å². The number of nitrogens with zero attached hydrogens (tertiary/aromatic N) is 1. The smallest absolute Gasteiger partial charge is 0.305 e. The van der Waals surface area contributed by atoms with E-state index in [0.717, 1.165) is 0 Å². The molecule has 0 saturated carbocycles. The Morgan fingerprint density at radius 3 is 2.61 bits per heavy atom. The average molecular weight is 291 g/mol. The topological polar surface area (TPSA) is 79.3 Å². The Morgan fingerprint density at radius 1 is 1.44 bits per heavy atom. The molecule has 0 fully saturated rings. The Bertz CT molecular complexity index is 466. The summed E-state index contributed by atoms with van der Waals surface area (Å²) in [7, 11) is 0. The fraction of sp³-hybridized carbons (Fsp3) is 0.364. The molecule has 0 aliphatic rings. The second-order valence-corrected chi connectivity index (χ2v) is 4.39. The lowest BCUT2D eigenvalue weighted by atomic mass is 10.1. The second-order valence-electron chi connectivity index (χ2n) is 3.65. The third kappa shape index (κ3) is 4.16. The van der Waals surface area contributed by atoms with Gasteiger partial charge >= 0.3 is 5.97 Å². The fourth-order valence-corrected chi connectivity index (χ4v) is 1.78. The number of carbonyl (C=O) groups excluding carboxylic acids is 1. The van der Waals surface area contributed by atoms with Gasteiger partial charge in [-0.05, 0) is 18.6 Å². The molecule has 0 radical (unpaired) electrons. The van der Waals surface area contributed by atoms with Crippen molar-refractivity contribution < 1.29 is 14.7 Å². The van der Waals surface area contributed by atoms with Crippen molar-refractivity contribution in [3.8, 4) is 0 Å². The van der Waals surface area contributed by atoms with Gasteiger partial charge < -0.3 is 10.4 Å². The number of halogens is 2. The molecular formula is C11H12Cl2N2O3. The summed E-state index contributed by atoms with van der Waals surface area (Å²) >= 11 is 11.4. The van der Waals surface area contributed by atoms with E-state index in [4.69, 9.17) is 28.3 Å². The van der Waals surface area contributed by atoms with E-state index in [-0.39, 0.29) is 22.3 Å². The van der Waals surface area contributed by atoms with Gasteiger partial charge in [0.1, 0.15) is 10.3 Å². The van der Waals surface area contributed by atoms with E-state index >= 15 is 0 Å². The van der Waals surface area contributed by atoms with E-state index in [0.29, 0.717) is 6.42 Å². The summed E-state index contributed by atoms with van der Waals surface area (Å²) in [4.78, 5) is 26.2. The van der Waals surface area contributed by atoms with Crippen molar-refractivity contribution in [2.75, 3.05) is 0 Å².